The quantitative estimate of drug-likeness (QED) is 0.555. The Balaban J connectivity index is 1.85. The number of hydrogen-bond donors (Lipinski definition) is 2. The first-order valence-corrected chi connectivity index (χ1v) is 7.17. The number of rotatable bonds is 8. The van der Waals surface area contributed by atoms with Crippen LogP contribution in [0.5, 0.6) is 0 Å². The molecule has 20 heavy (non-hydrogen) atoms. The minimum Gasteiger partial charge on any atom is -0.468 e. The van der Waals surface area contributed by atoms with Crippen LogP contribution in [0.1, 0.15) is 24.6 Å². The lowest BCUT2D eigenvalue weighted by Gasteiger charge is -2.26. The highest BCUT2D eigenvalue weighted by molar-refractivity contribution is 5.78. The molecular formula is C15H23N3O2. The fourth-order valence-corrected chi connectivity index (χ4v) is 2.50. The summed E-state index contributed by atoms with van der Waals surface area (Å²) in [5.41, 5.74) is 0. The van der Waals surface area contributed by atoms with Crippen LogP contribution in [0.15, 0.2) is 35.5 Å². The third-order valence-electron chi connectivity index (χ3n) is 3.52. The van der Waals surface area contributed by atoms with E-state index in [2.05, 4.69) is 22.1 Å². The van der Waals surface area contributed by atoms with Crippen molar-refractivity contribution in [2.45, 2.75) is 18.9 Å². The summed E-state index contributed by atoms with van der Waals surface area (Å²) in [6.07, 6.45) is 5.85. The molecule has 0 aliphatic carbocycles. The monoisotopic (exact) mass is 277 g/mol. The summed E-state index contributed by atoms with van der Waals surface area (Å²) in [7, 11) is 0. The van der Waals surface area contributed by atoms with Gasteiger partial charge in [0.1, 0.15) is 5.76 Å². The zero-order valence-electron chi connectivity index (χ0n) is 11.8. The van der Waals surface area contributed by atoms with Crippen molar-refractivity contribution < 1.29 is 9.21 Å². The summed E-state index contributed by atoms with van der Waals surface area (Å²) >= 11 is 0. The highest BCUT2D eigenvalue weighted by Crippen LogP contribution is 2.24. The summed E-state index contributed by atoms with van der Waals surface area (Å²) in [5.74, 6) is 0.925. The van der Waals surface area contributed by atoms with Gasteiger partial charge in [0.05, 0.1) is 18.8 Å². The Kier molecular flexibility index (Phi) is 5.83. The van der Waals surface area contributed by atoms with Crippen molar-refractivity contribution in [1.29, 1.82) is 0 Å². The molecule has 1 aliphatic heterocycles. The largest absolute Gasteiger partial charge is 0.468 e. The predicted octanol–water partition coefficient (Wildman–Crippen LogP) is 1.31. The van der Waals surface area contributed by atoms with Crippen molar-refractivity contribution >= 4 is 5.91 Å². The molecule has 2 rings (SSSR count). The smallest absolute Gasteiger partial charge is 0.234 e. The lowest BCUT2D eigenvalue weighted by atomic mass is 10.2. The van der Waals surface area contributed by atoms with E-state index in [1.807, 2.05) is 12.1 Å². The number of amides is 1. The van der Waals surface area contributed by atoms with E-state index in [0.29, 0.717) is 19.6 Å². The molecule has 1 fully saturated rings. The van der Waals surface area contributed by atoms with Crippen molar-refractivity contribution in [2.24, 2.45) is 0 Å². The maximum atomic E-state index is 11.7. The van der Waals surface area contributed by atoms with E-state index in [1.165, 1.54) is 12.8 Å². The molecule has 1 aliphatic rings. The fraction of sp³-hybridized carbons (Fsp3) is 0.533. The topological polar surface area (TPSA) is 57.5 Å². The minimum atomic E-state index is 0.00241. The van der Waals surface area contributed by atoms with Crippen molar-refractivity contribution in [3.05, 3.63) is 36.8 Å². The number of likely N-dealkylation sites (tertiary alicyclic amines) is 1. The summed E-state index contributed by atoms with van der Waals surface area (Å²) in [6.45, 7) is 7.28. The predicted molar refractivity (Wildman–Crippen MR) is 78.3 cm³/mol. The second-order valence-electron chi connectivity index (χ2n) is 5.00. The summed E-state index contributed by atoms with van der Waals surface area (Å²) in [5, 5.41) is 5.97. The van der Waals surface area contributed by atoms with Crippen molar-refractivity contribution in [1.82, 2.24) is 15.5 Å². The Bertz CT molecular complexity index is 411. The molecule has 5 nitrogen and oxygen atoms in total. The average Bonchev–Trinajstić information content (AvgIpc) is 3.12. The molecule has 1 aromatic heterocycles. The molecule has 2 N–H and O–H groups in total. The normalized spacial score (nSPS) is 17.0. The number of nitrogens with one attached hydrogen (secondary N) is 2. The van der Waals surface area contributed by atoms with E-state index in [1.54, 1.807) is 12.3 Å². The Labute approximate surface area is 120 Å². The molecule has 1 unspecified atom stereocenters. The molecule has 1 aromatic rings. The highest BCUT2D eigenvalue weighted by Gasteiger charge is 2.25. The Morgan fingerprint density at radius 3 is 2.95 bits per heavy atom. The third-order valence-corrected chi connectivity index (χ3v) is 3.52. The summed E-state index contributed by atoms with van der Waals surface area (Å²) in [4.78, 5) is 14.1. The molecule has 0 radical (unpaired) electrons. The van der Waals surface area contributed by atoms with Gasteiger partial charge in [-0.2, -0.15) is 0 Å². The SMILES string of the molecule is C=CCNCC(=O)NCC(c1ccco1)N1CCCC1. The maximum Gasteiger partial charge on any atom is 0.234 e. The van der Waals surface area contributed by atoms with Gasteiger partial charge >= 0.3 is 0 Å². The first kappa shape index (κ1) is 14.8. The Morgan fingerprint density at radius 1 is 1.50 bits per heavy atom. The first-order chi connectivity index (χ1) is 9.81. The molecule has 110 valence electrons. The second kappa shape index (κ2) is 7.87. The number of carbonyl (C=O) groups excluding carboxylic acids is 1. The number of nitrogens with zero attached hydrogens (tertiary/aromatic N) is 1. The molecular weight excluding hydrogens is 254 g/mol. The van der Waals surface area contributed by atoms with Crippen LogP contribution < -0.4 is 10.6 Å². The molecule has 1 amide bonds. The van der Waals surface area contributed by atoms with Crippen molar-refractivity contribution in [3.8, 4) is 0 Å². The van der Waals surface area contributed by atoms with Gasteiger partial charge in [0.15, 0.2) is 0 Å². The van der Waals surface area contributed by atoms with Gasteiger partial charge in [0.25, 0.3) is 0 Å². The molecule has 0 bridgehead atoms. The van der Waals surface area contributed by atoms with E-state index in [4.69, 9.17) is 4.42 Å². The van der Waals surface area contributed by atoms with Crippen LogP contribution in [0, 0.1) is 0 Å². The molecule has 5 heteroatoms. The van der Waals surface area contributed by atoms with Gasteiger partial charge < -0.3 is 15.1 Å². The van der Waals surface area contributed by atoms with E-state index in [0.717, 1.165) is 18.8 Å². The zero-order chi connectivity index (χ0) is 14.2. The van der Waals surface area contributed by atoms with Crippen LogP contribution in [0.3, 0.4) is 0 Å². The highest BCUT2D eigenvalue weighted by atomic mass is 16.3. The van der Waals surface area contributed by atoms with Gasteiger partial charge in [0.2, 0.25) is 5.91 Å². The molecule has 2 heterocycles. The fourth-order valence-electron chi connectivity index (χ4n) is 2.50. The first-order valence-electron chi connectivity index (χ1n) is 7.17. The molecule has 1 saturated heterocycles. The van der Waals surface area contributed by atoms with E-state index >= 15 is 0 Å². The molecule has 1 atom stereocenters. The van der Waals surface area contributed by atoms with Crippen LogP contribution in [0.25, 0.3) is 0 Å². The van der Waals surface area contributed by atoms with Gasteiger partial charge in [-0.1, -0.05) is 6.08 Å². The van der Waals surface area contributed by atoms with Crippen molar-refractivity contribution in [2.75, 3.05) is 32.7 Å². The van der Waals surface area contributed by atoms with Crippen LogP contribution in [-0.2, 0) is 4.79 Å². The minimum absolute atomic E-state index is 0.00241. The Morgan fingerprint density at radius 2 is 2.30 bits per heavy atom. The van der Waals surface area contributed by atoms with E-state index in [-0.39, 0.29) is 11.9 Å². The van der Waals surface area contributed by atoms with Crippen LogP contribution in [0.2, 0.25) is 0 Å². The summed E-state index contributed by atoms with van der Waals surface area (Å²) in [6, 6.07) is 4.01. The van der Waals surface area contributed by atoms with Crippen molar-refractivity contribution in [3.63, 3.8) is 0 Å². The zero-order valence-corrected chi connectivity index (χ0v) is 11.8. The lowest BCUT2D eigenvalue weighted by molar-refractivity contribution is -0.120. The standard InChI is InChI=1S/C15H23N3O2/c1-2-7-16-12-15(19)17-11-13(14-6-5-10-20-14)18-8-3-4-9-18/h2,5-6,10,13,16H,1,3-4,7-9,11-12H2,(H,17,19). The number of furan rings is 1. The molecule has 0 saturated carbocycles. The number of hydrogen-bond acceptors (Lipinski definition) is 4. The van der Waals surface area contributed by atoms with Crippen LogP contribution in [-0.4, -0.2) is 43.5 Å². The van der Waals surface area contributed by atoms with E-state index in [9.17, 15) is 4.79 Å². The average molecular weight is 277 g/mol. The number of carbonyl (C=O) groups is 1. The lowest BCUT2D eigenvalue weighted by Crippen LogP contribution is -2.40. The van der Waals surface area contributed by atoms with Gasteiger partial charge in [-0.25, -0.2) is 0 Å². The maximum absolute atomic E-state index is 11.7. The van der Waals surface area contributed by atoms with Gasteiger partial charge in [-0.15, -0.1) is 6.58 Å². The van der Waals surface area contributed by atoms with Gasteiger partial charge in [0, 0.05) is 13.1 Å². The molecule has 0 aromatic carbocycles. The second-order valence-corrected chi connectivity index (χ2v) is 5.00. The summed E-state index contributed by atoms with van der Waals surface area (Å²) < 4.78 is 5.52. The van der Waals surface area contributed by atoms with Gasteiger partial charge in [-0.05, 0) is 38.1 Å². The van der Waals surface area contributed by atoms with E-state index < -0.39 is 0 Å². The van der Waals surface area contributed by atoms with Gasteiger partial charge in [-0.3, -0.25) is 9.69 Å². The third kappa shape index (κ3) is 4.21. The molecule has 0 spiro atoms. The van der Waals surface area contributed by atoms with Crippen LogP contribution in [0.4, 0.5) is 0 Å². The van der Waals surface area contributed by atoms with Crippen LogP contribution >= 0.6 is 0 Å². The Hall–Kier alpha value is -1.59.